The molecule has 2 N–H and O–H groups in total. The van der Waals surface area contributed by atoms with E-state index in [1.807, 2.05) is 36.4 Å². The molecule has 21 heavy (non-hydrogen) atoms. The van der Waals surface area contributed by atoms with Gasteiger partial charge in [0, 0.05) is 11.8 Å². The Morgan fingerprint density at radius 2 is 2.14 bits per heavy atom. The lowest BCUT2D eigenvalue weighted by Crippen LogP contribution is -2.27. The number of rotatable bonds is 7. The van der Waals surface area contributed by atoms with Gasteiger partial charge in [0.05, 0.1) is 6.61 Å². The number of aryl methyl sites for hydroxylation is 1. The Labute approximate surface area is 124 Å². The summed E-state index contributed by atoms with van der Waals surface area (Å²) in [5, 5.41) is 9.72. The smallest absolute Gasteiger partial charge is 0.254 e. The molecular formula is C16H21N3O2. The summed E-state index contributed by atoms with van der Waals surface area (Å²) < 4.78 is 5.57. The third-order valence-corrected chi connectivity index (χ3v) is 3.11. The largest absolute Gasteiger partial charge is 0.364 e. The molecule has 0 fully saturated rings. The van der Waals surface area contributed by atoms with Crippen molar-refractivity contribution < 1.29 is 9.53 Å². The van der Waals surface area contributed by atoms with Crippen LogP contribution in [0.15, 0.2) is 36.4 Å². The van der Waals surface area contributed by atoms with Crippen molar-refractivity contribution >= 4 is 11.7 Å². The summed E-state index contributed by atoms with van der Waals surface area (Å²) in [4.78, 5) is 12.0. The molecule has 112 valence electrons. The number of H-pyrrole nitrogens is 1. The van der Waals surface area contributed by atoms with E-state index in [0.717, 1.165) is 24.1 Å². The van der Waals surface area contributed by atoms with Gasteiger partial charge in [-0.25, -0.2) is 0 Å². The van der Waals surface area contributed by atoms with Gasteiger partial charge in [-0.1, -0.05) is 43.7 Å². The first-order valence-electron chi connectivity index (χ1n) is 7.19. The second-order valence-electron chi connectivity index (χ2n) is 4.96. The fourth-order valence-electron chi connectivity index (χ4n) is 1.92. The second kappa shape index (κ2) is 7.59. The number of aromatic nitrogens is 2. The minimum Gasteiger partial charge on any atom is -0.364 e. The van der Waals surface area contributed by atoms with E-state index < -0.39 is 6.10 Å². The molecule has 5 nitrogen and oxygen atoms in total. The highest BCUT2D eigenvalue weighted by Crippen LogP contribution is 2.09. The zero-order chi connectivity index (χ0) is 15.1. The van der Waals surface area contributed by atoms with E-state index in [1.54, 1.807) is 6.92 Å². The zero-order valence-corrected chi connectivity index (χ0v) is 12.4. The van der Waals surface area contributed by atoms with Crippen molar-refractivity contribution in [2.75, 3.05) is 5.32 Å². The van der Waals surface area contributed by atoms with Gasteiger partial charge in [0.25, 0.3) is 5.91 Å². The third-order valence-electron chi connectivity index (χ3n) is 3.11. The first kappa shape index (κ1) is 15.3. The van der Waals surface area contributed by atoms with Crippen LogP contribution in [0.25, 0.3) is 0 Å². The van der Waals surface area contributed by atoms with Gasteiger partial charge in [-0.15, -0.1) is 0 Å². The highest BCUT2D eigenvalue weighted by Gasteiger charge is 2.15. The SMILES string of the molecule is CCCc1cc(NC(=O)C(C)OCc2ccccc2)n[nH]1. The normalized spacial score (nSPS) is 12.1. The first-order chi connectivity index (χ1) is 10.2. The second-order valence-corrected chi connectivity index (χ2v) is 4.96. The van der Waals surface area contributed by atoms with E-state index in [-0.39, 0.29) is 5.91 Å². The summed E-state index contributed by atoms with van der Waals surface area (Å²) >= 11 is 0. The van der Waals surface area contributed by atoms with E-state index in [4.69, 9.17) is 4.74 Å². The van der Waals surface area contributed by atoms with Crippen LogP contribution in [0.2, 0.25) is 0 Å². The van der Waals surface area contributed by atoms with Crippen LogP contribution in [0.1, 0.15) is 31.5 Å². The third kappa shape index (κ3) is 4.72. The van der Waals surface area contributed by atoms with Gasteiger partial charge in [0.2, 0.25) is 0 Å². The molecule has 1 aromatic carbocycles. The summed E-state index contributed by atoms with van der Waals surface area (Å²) in [6.45, 7) is 4.24. The van der Waals surface area contributed by atoms with Crippen LogP contribution in [-0.2, 0) is 22.6 Å². The Hall–Kier alpha value is -2.14. The summed E-state index contributed by atoms with van der Waals surface area (Å²) in [5.41, 5.74) is 2.06. The topological polar surface area (TPSA) is 67.0 Å². The lowest BCUT2D eigenvalue weighted by Gasteiger charge is -2.12. The molecule has 0 saturated heterocycles. The number of benzene rings is 1. The van der Waals surface area contributed by atoms with Crippen molar-refractivity contribution in [3.8, 4) is 0 Å². The van der Waals surface area contributed by atoms with Crippen LogP contribution < -0.4 is 5.32 Å². The van der Waals surface area contributed by atoms with E-state index in [2.05, 4.69) is 22.4 Å². The molecule has 5 heteroatoms. The number of carbonyl (C=O) groups is 1. The number of ether oxygens (including phenoxy) is 1. The molecule has 1 amide bonds. The van der Waals surface area contributed by atoms with Gasteiger partial charge in [0.15, 0.2) is 5.82 Å². The molecule has 0 radical (unpaired) electrons. The lowest BCUT2D eigenvalue weighted by atomic mass is 10.2. The molecule has 1 atom stereocenters. The number of aromatic amines is 1. The number of hydrogen-bond donors (Lipinski definition) is 2. The Bertz CT molecular complexity index is 566. The molecular weight excluding hydrogens is 266 g/mol. The van der Waals surface area contributed by atoms with Gasteiger partial charge in [0.1, 0.15) is 6.10 Å². The summed E-state index contributed by atoms with van der Waals surface area (Å²) in [5.74, 6) is 0.346. The van der Waals surface area contributed by atoms with Gasteiger partial charge in [-0.3, -0.25) is 9.89 Å². The first-order valence-corrected chi connectivity index (χ1v) is 7.19. The molecule has 0 aliphatic carbocycles. The molecule has 1 heterocycles. The van der Waals surface area contributed by atoms with Crippen LogP contribution in [0, 0.1) is 0 Å². The molecule has 0 aliphatic rings. The van der Waals surface area contributed by atoms with Gasteiger partial charge < -0.3 is 10.1 Å². The van der Waals surface area contributed by atoms with Gasteiger partial charge >= 0.3 is 0 Å². The monoisotopic (exact) mass is 287 g/mol. The fraction of sp³-hybridized carbons (Fsp3) is 0.375. The fourth-order valence-corrected chi connectivity index (χ4v) is 1.92. The minimum absolute atomic E-state index is 0.194. The summed E-state index contributed by atoms with van der Waals surface area (Å²) in [6, 6.07) is 11.6. The van der Waals surface area contributed by atoms with Gasteiger partial charge in [-0.05, 0) is 18.9 Å². The Morgan fingerprint density at radius 1 is 1.38 bits per heavy atom. The van der Waals surface area contributed by atoms with Crippen LogP contribution in [0.5, 0.6) is 0 Å². The van der Waals surface area contributed by atoms with Crippen molar-refractivity contribution in [3.63, 3.8) is 0 Å². The maximum atomic E-state index is 12.0. The number of nitrogens with zero attached hydrogens (tertiary/aromatic N) is 1. The number of hydrogen-bond acceptors (Lipinski definition) is 3. The Kier molecular flexibility index (Phi) is 5.51. The zero-order valence-electron chi connectivity index (χ0n) is 12.4. The predicted octanol–water partition coefficient (Wildman–Crippen LogP) is 2.91. The molecule has 2 aromatic rings. The highest BCUT2D eigenvalue weighted by molar-refractivity contribution is 5.93. The molecule has 1 unspecified atom stereocenters. The van der Waals surface area contributed by atoms with E-state index in [1.165, 1.54) is 0 Å². The highest BCUT2D eigenvalue weighted by atomic mass is 16.5. The van der Waals surface area contributed by atoms with Crippen molar-refractivity contribution in [2.45, 2.75) is 39.4 Å². The number of nitrogens with one attached hydrogen (secondary N) is 2. The van der Waals surface area contributed by atoms with Crippen LogP contribution in [0.4, 0.5) is 5.82 Å². The average molecular weight is 287 g/mol. The summed E-state index contributed by atoms with van der Waals surface area (Å²) in [6.07, 6.45) is 1.42. The van der Waals surface area contributed by atoms with Crippen molar-refractivity contribution in [1.29, 1.82) is 0 Å². The van der Waals surface area contributed by atoms with Crippen LogP contribution in [0.3, 0.4) is 0 Å². The Balaban J connectivity index is 1.81. The predicted molar refractivity (Wildman–Crippen MR) is 81.9 cm³/mol. The lowest BCUT2D eigenvalue weighted by molar-refractivity contribution is -0.127. The average Bonchev–Trinajstić information content (AvgIpc) is 2.93. The number of amides is 1. The maximum absolute atomic E-state index is 12.0. The van der Waals surface area contributed by atoms with Crippen molar-refractivity contribution in [2.24, 2.45) is 0 Å². The molecule has 0 bridgehead atoms. The van der Waals surface area contributed by atoms with E-state index in [0.29, 0.717) is 12.4 Å². The molecule has 0 spiro atoms. The maximum Gasteiger partial charge on any atom is 0.254 e. The standard InChI is InChI=1S/C16H21N3O2/c1-3-7-14-10-15(19-18-14)17-16(20)12(2)21-11-13-8-5-4-6-9-13/h4-6,8-10,12H,3,7,11H2,1-2H3,(H2,17,18,19,20). The molecule has 0 aliphatic heterocycles. The van der Waals surface area contributed by atoms with E-state index >= 15 is 0 Å². The molecule has 0 saturated carbocycles. The van der Waals surface area contributed by atoms with Crippen molar-refractivity contribution in [3.05, 3.63) is 47.7 Å². The molecule has 1 aromatic heterocycles. The summed E-state index contributed by atoms with van der Waals surface area (Å²) in [7, 11) is 0. The van der Waals surface area contributed by atoms with E-state index in [9.17, 15) is 4.79 Å². The van der Waals surface area contributed by atoms with Crippen molar-refractivity contribution in [1.82, 2.24) is 10.2 Å². The van der Waals surface area contributed by atoms with Crippen LogP contribution >= 0.6 is 0 Å². The number of anilines is 1. The quantitative estimate of drug-likeness (QED) is 0.822. The Morgan fingerprint density at radius 3 is 2.86 bits per heavy atom. The molecule has 2 rings (SSSR count). The minimum atomic E-state index is -0.531. The number of carbonyl (C=O) groups excluding carboxylic acids is 1. The van der Waals surface area contributed by atoms with Gasteiger partial charge in [-0.2, -0.15) is 5.10 Å². The van der Waals surface area contributed by atoms with Crippen LogP contribution in [-0.4, -0.2) is 22.2 Å².